The van der Waals surface area contributed by atoms with Crippen LogP contribution in [0.5, 0.6) is 0 Å². The lowest BCUT2D eigenvalue weighted by atomic mass is 10.0. The standard InChI is InChI=1S/C19H19N6O8PS2/c1-33-22-12(11-9-36-19(20-11)23-34(30,31)32)15(26)21-13-16(27)25-14(18(28)29)10(8-35-17(13)25)7-24-5-3-2-4-6-24/h2-6,9,13,17H,7-8H2,1H3,(H4-,20,21,23,26,28,29,30,31,32)/t13?,17-/m1/s1. The summed E-state index contributed by atoms with van der Waals surface area (Å²) in [6.45, 7) is 0.254. The zero-order valence-electron chi connectivity index (χ0n) is 18.4. The molecule has 1 fully saturated rings. The van der Waals surface area contributed by atoms with Crippen molar-refractivity contribution < 1.29 is 43.2 Å². The van der Waals surface area contributed by atoms with Crippen molar-refractivity contribution in [2.75, 3.05) is 17.9 Å². The molecule has 4 rings (SSSR count). The predicted octanol–water partition coefficient (Wildman–Crippen LogP) is -1.61. The third kappa shape index (κ3) is 5.42. The minimum absolute atomic E-state index is 0.0484. The molecule has 0 radical (unpaired) electrons. The molecule has 2 aromatic rings. The maximum Gasteiger partial charge on any atom is 0.429 e. The molecule has 2 aliphatic rings. The molecular weight excluding hydrogens is 535 g/mol. The highest BCUT2D eigenvalue weighted by molar-refractivity contribution is 8.00. The second-order valence-corrected chi connectivity index (χ2v) is 10.7. The first-order valence-corrected chi connectivity index (χ1v) is 13.7. The number of fused-ring (bicyclic) bond motifs is 1. The van der Waals surface area contributed by atoms with E-state index in [9.17, 15) is 24.1 Å². The number of carbonyl (C=O) groups is 3. The summed E-state index contributed by atoms with van der Waals surface area (Å²) in [6.07, 6.45) is 3.54. The molecule has 4 N–H and O–H groups in total. The highest BCUT2D eigenvalue weighted by atomic mass is 32.2. The van der Waals surface area contributed by atoms with Crippen molar-refractivity contribution >= 4 is 59.5 Å². The minimum Gasteiger partial charge on any atom is -0.543 e. The quantitative estimate of drug-likeness (QED) is 0.0915. The van der Waals surface area contributed by atoms with E-state index >= 15 is 0 Å². The Labute approximate surface area is 211 Å². The van der Waals surface area contributed by atoms with Gasteiger partial charge < -0.3 is 29.8 Å². The van der Waals surface area contributed by atoms with E-state index in [4.69, 9.17) is 14.6 Å². The Morgan fingerprint density at radius 2 is 2.08 bits per heavy atom. The van der Waals surface area contributed by atoms with Crippen LogP contribution in [0.1, 0.15) is 5.69 Å². The van der Waals surface area contributed by atoms with Crippen LogP contribution in [-0.2, 0) is 30.3 Å². The summed E-state index contributed by atoms with van der Waals surface area (Å²) in [5, 5.41) is 20.5. The number of thiazole rings is 1. The number of oxime groups is 1. The molecular formula is C19H19N6O8PS2. The number of aliphatic carboxylic acids is 1. The molecule has 0 aromatic carbocycles. The van der Waals surface area contributed by atoms with E-state index in [2.05, 4.69) is 15.5 Å². The minimum atomic E-state index is -4.61. The van der Waals surface area contributed by atoms with Crippen molar-refractivity contribution in [1.82, 2.24) is 15.2 Å². The van der Waals surface area contributed by atoms with Gasteiger partial charge >= 0.3 is 7.75 Å². The lowest BCUT2D eigenvalue weighted by Crippen LogP contribution is -2.71. The van der Waals surface area contributed by atoms with Crippen molar-refractivity contribution in [3.05, 3.63) is 52.9 Å². The number of hydrogen-bond acceptors (Lipinski definition) is 10. The molecule has 2 aliphatic heterocycles. The number of β-lactam (4-membered cyclic amide) rings is 1. The summed E-state index contributed by atoms with van der Waals surface area (Å²) in [6, 6.07) is 4.37. The van der Waals surface area contributed by atoms with Crippen molar-refractivity contribution in [2.24, 2.45) is 5.16 Å². The van der Waals surface area contributed by atoms with Gasteiger partial charge in [0, 0.05) is 28.8 Å². The fourth-order valence-corrected chi connectivity index (χ4v) is 6.36. The number of anilines is 1. The van der Waals surface area contributed by atoms with Gasteiger partial charge in [0.2, 0.25) is 0 Å². The molecule has 4 heterocycles. The van der Waals surface area contributed by atoms with E-state index < -0.39 is 36.9 Å². The average molecular weight is 555 g/mol. The number of nitrogens with zero attached hydrogens (tertiary/aromatic N) is 4. The highest BCUT2D eigenvalue weighted by Crippen LogP contribution is 2.40. The van der Waals surface area contributed by atoms with E-state index in [0.717, 1.165) is 16.2 Å². The van der Waals surface area contributed by atoms with Gasteiger partial charge in [0.05, 0.1) is 11.7 Å². The van der Waals surface area contributed by atoms with Crippen LogP contribution in [0.2, 0.25) is 0 Å². The van der Waals surface area contributed by atoms with Crippen LogP contribution >= 0.6 is 30.8 Å². The summed E-state index contributed by atoms with van der Waals surface area (Å²) in [7, 11) is -3.43. The molecule has 1 saturated heterocycles. The third-order valence-electron chi connectivity index (χ3n) is 5.06. The third-order valence-corrected chi connectivity index (χ3v) is 7.82. The molecule has 0 spiro atoms. The number of aromatic nitrogens is 2. The zero-order valence-corrected chi connectivity index (χ0v) is 21.0. The lowest BCUT2D eigenvalue weighted by molar-refractivity contribution is -0.689. The molecule has 2 atom stereocenters. The fourth-order valence-electron chi connectivity index (χ4n) is 3.62. The molecule has 0 saturated carbocycles. The number of rotatable bonds is 9. The van der Waals surface area contributed by atoms with E-state index in [-0.39, 0.29) is 28.8 Å². The van der Waals surface area contributed by atoms with Crippen molar-refractivity contribution in [3.8, 4) is 0 Å². The number of carboxylic acids is 1. The number of amides is 2. The predicted molar refractivity (Wildman–Crippen MR) is 125 cm³/mol. The summed E-state index contributed by atoms with van der Waals surface area (Å²) >= 11 is 2.11. The Kier molecular flexibility index (Phi) is 7.42. The number of pyridine rings is 1. The molecule has 17 heteroatoms. The molecule has 36 heavy (non-hydrogen) atoms. The second-order valence-electron chi connectivity index (χ2n) is 7.46. The van der Waals surface area contributed by atoms with Crippen LogP contribution in [0.25, 0.3) is 0 Å². The molecule has 0 aliphatic carbocycles. The van der Waals surface area contributed by atoms with Crippen molar-refractivity contribution in [1.29, 1.82) is 0 Å². The summed E-state index contributed by atoms with van der Waals surface area (Å²) in [5.41, 5.74) is -0.104. The van der Waals surface area contributed by atoms with Crippen LogP contribution in [0.4, 0.5) is 5.13 Å². The molecule has 190 valence electrons. The molecule has 2 amide bonds. The zero-order chi connectivity index (χ0) is 26.0. The first-order valence-electron chi connectivity index (χ1n) is 10.1. The normalized spacial score (nSPS) is 19.9. The maximum atomic E-state index is 12.9. The van der Waals surface area contributed by atoms with Gasteiger partial charge in [-0.3, -0.25) is 19.6 Å². The average Bonchev–Trinajstić information content (AvgIpc) is 3.27. The van der Waals surface area contributed by atoms with E-state index in [1.807, 2.05) is 11.2 Å². The van der Waals surface area contributed by atoms with Gasteiger partial charge in [-0.05, 0) is 0 Å². The first-order chi connectivity index (χ1) is 17.1. The number of carboxylic acid groups (broad SMARTS) is 1. The number of carbonyl (C=O) groups excluding carboxylic acids is 3. The highest BCUT2D eigenvalue weighted by Gasteiger charge is 2.53. The van der Waals surface area contributed by atoms with Crippen LogP contribution in [0.3, 0.4) is 0 Å². The van der Waals surface area contributed by atoms with Gasteiger partial charge in [-0.1, -0.05) is 11.2 Å². The Bertz CT molecular complexity index is 1310. The molecule has 0 bridgehead atoms. The molecule has 2 aromatic heterocycles. The molecule has 1 unspecified atom stereocenters. The van der Waals surface area contributed by atoms with Gasteiger partial charge in [-0.2, -0.15) is 0 Å². The smallest absolute Gasteiger partial charge is 0.429 e. The van der Waals surface area contributed by atoms with Gasteiger partial charge in [-0.25, -0.2) is 14.1 Å². The van der Waals surface area contributed by atoms with Gasteiger partial charge in [0.1, 0.15) is 24.2 Å². The number of nitrogens with one attached hydrogen (secondary N) is 2. The van der Waals surface area contributed by atoms with E-state index in [1.165, 1.54) is 24.3 Å². The monoisotopic (exact) mass is 554 g/mol. The Hall–Kier alpha value is -3.30. The van der Waals surface area contributed by atoms with Crippen molar-refractivity contribution in [2.45, 2.75) is 18.0 Å². The van der Waals surface area contributed by atoms with Gasteiger partial charge in [-0.15, -0.1) is 23.1 Å². The Balaban J connectivity index is 1.51. The largest absolute Gasteiger partial charge is 0.543 e. The van der Waals surface area contributed by atoms with Gasteiger partial charge in [0.25, 0.3) is 11.8 Å². The van der Waals surface area contributed by atoms with Gasteiger partial charge in [0.15, 0.2) is 29.8 Å². The van der Waals surface area contributed by atoms with Crippen LogP contribution in [0.15, 0.2) is 52.4 Å². The van der Waals surface area contributed by atoms with E-state index in [0.29, 0.717) is 11.3 Å². The van der Waals surface area contributed by atoms with Crippen LogP contribution in [0, 0.1) is 0 Å². The Morgan fingerprint density at radius 1 is 1.36 bits per heavy atom. The molecule has 14 nitrogen and oxygen atoms in total. The maximum absolute atomic E-state index is 12.9. The van der Waals surface area contributed by atoms with Crippen LogP contribution < -0.4 is 20.1 Å². The SMILES string of the molecule is CON=C(C(=O)NC1C(=O)N2C(C(=O)[O-])=C(C[n+]3ccccc3)CS[C@H]12)c1csc(NP(=O)(O)O)n1. The first kappa shape index (κ1) is 25.8. The fraction of sp³-hybridized carbons (Fsp3) is 0.263. The van der Waals surface area contributed by atoms with E-state index in [1.54, 1.807) is 29.1 Å². The number of hydrogen-bond donors (Lipinski definition) is 4. The second kappa shape index (κ2) is 10.4. The summed E-state index contributed by atoms with van der Waals surface area (Å²) in [5.74, 6) is -2.66. The topological polar surface area (TPSA) is 197 Å². The Morgan fingerprint density at radius 3 is 2.72 bits per heavy atom. The lowest BCUT2D eigenvalue weighted by Gasteiger charge is -2.50. The van der Waals surface area contributed by atoms with Crippen LogP contribution in [-0.4, -0.2) is 67.4 Å². The van der Waals surface area contributed by atoms with Crippen molar-refractivity contribution in [3.63, 3.8) is 0 Å². The summed E-state index contributed by atoms with van der Waals surface area (Å²) in [4.78, 5) is 65.5. The summed E-state index contributed by atoms with van der Waals surface area (Å²) < 4.78 is 12.9. The number of thioether (sulfide) groups is 1.